The highest BCUT2D eigenvalue weighted by Gasteiger charge is 2.06. The van der Waals surface area contributed by atoms with Crippen LogP contribution in [0.1, 0.15) is 5.56 Å². The highest BCUT2D eigenvalue weighted by Crippen LogP contribution is 2.15. The van der Waals surface area contributed by atoms with Gasteiger partial charge in [0.2, 0.25) is 0 Å². The van der Waals surface area contributed by atoms with E-state index in [-0.39, 0.29) is 10.6 Å². The first kappa shape index (κ1) is 13.4. The molecule has 0 bridgehead atoms. The summed E-state index contributed by atoms with van der Waals surface area (Å²) in [6, 6.07) is 7.67. The number of aryl methyl sites for hydroxylation is 1. The molecule has 0 amide bonds. The number of nitrogens with one attached hydrogen (secondary N) is 1. The molecule has 0 saturated heterocycles. The molecule has 2 rings (SSSR count). The molecule has 19 heavy (non-hydrogen) atoms. The van der Waals surface area contributed by atoms with Crippen LogP contribution in [-0.2, 0) is 13.5 Å². The lowest BCUT2D eigenvalue weighted by Crippen LogP contribution is -2.21. The van der Waals surface area contributed by atoms with Gasteiger partial charge in [0.25, 0.3) is 5.56 Å². The van der Waals surface area contributed by atoms with Gasteiger partial charge < -0.3 is 11.1 Å². The molecule has 0 aliphatic carbocycles. The van der Waals surface area contributed by atoms with Gasteiger partial charge in [-0.2, -0.15) is 5.10 Å². The number of hydrogen-bond donors (Lipinski definition) is 2. The smallest absolute Gasteiger partial charge is 0.287 e. The zero-order valence-corrected chi connectivity index (χ0v) is 11.3. The summed E-state index contributed by atoms with van der Waals surface area (Å²) in [4.78, 5) is 11.6. The van der Waals surface area contributed by atoms with E-state index in [1.165, 1.54) is 4.68 Å². The topological polar surface area (TPSA) is 72.9 Å². The van der Waals surface area contributed by atoms with E-state index in [2.05, 4.69) is 10.4 Å². The van der Waals surface area contributed by atoms with Crippen LogP contribution in [0.5, 0.6) is 0 Å². The van der Waals surface area contributed by atoms with E-state index >= 15 is 0 Å². The maximum Gasteiger partial charge on any atom is 0.287 e. The van der Waals surface area contributed by atoms with Crippen molar-refractivity contribution in [2.24, 2.45) is 7.05 Å². The number of hydrogen-bond acceptors (Lipinski definition) is 4. The van der Waals surface area contributed by atoms with Crippen LogP contribution < -0.4 is 16.6 Å². The number of nitrogen functional groups attached to an aromatic ring is 1. The lowest BCUT2D eigenvalue weighted by Gasteiger charge is -2.08. The van der Waals surface area contributed by atoms with E-state index in [9.17, 15) is 4.79 Å². The molecule has 0 atom stereocenters. The molecule has 100 valence electrons. The Balaban J connectivity index is 1.98. The van der Waals surface area contributed by atoms with Crippen molar-refractivity contribution >= 4 is 23.0 Å². The van der Waals surface area contributed by atoms with E-state index in [1.54, 1.807) is 13.2 Å². The van der Waals surface area contributed by atoms with E-state index in [4.69, 9.17) is 17.3 Å². The fraction of sp³-hybridized carbons (Fsp3) is 0.231. The van der Waals surface area contributed by atoms with Crippen molar-refractivity contribution in [2.45, 2.75) is 6.42 Å². The summed E-state index contributed by atoms with van der Waals surface area (Å²) in [6.07, 6.45) is 2.36. The lowest BCUT2D eigenvalue weighted by atomic mass is 10.1. The maximum absolute atomic E-state index is 11.6. The van der Waals surface area contributed by atoms with Crippen LogP contribution in [0, 0.1) is 0 Å². The first-order valence-corrected chi connectivity index (χ1v) is 6.26. The van der Waals surface area contributed by atoms with Gasteiger partial charge in [-0.25, -0.2) is 4.68 Å². The largest absolute Gasteiger partial charge is 0.399 e. The fourth-order valence-electron chi connectivity index (χ4n) is 1.66. The Bertz CT molecular complexity index is 622. The van der Waals surface area contributed by atoms with E-state index in [0.717, 1.165) is 17.7 Å². The summed E-state index contributed by atoms with van der Waals surface area (Å²) in [7, 11) is 1.56. The second kappa shape index (κ2) is 5.75. The molecule has 0 saturated carbocycles. The van der Waals surface area contributed by atoms with Gasteiger partial charge in [-0.3, -0.25) is 4.79 Å². The highest BCUT2D eigenvalue weighted by molar-refractivity contribution is 6.32. The summed E-state index contributed by atoms with van der Waals surface area (Å²) < 4.78 is 1.20. The number of nitrogens with two attached hydrogens (primary N) is 1. The Morgan fingerprint density at radius 2 is 2.05 bits per heavy atom. The normalized spacial score (nSPS) is 10.4. The van der Waals surface area contributed by atoms with Crippen LogP contribution >= 0.6 is 11.6 Å². The van der Waals surface area contributed by atoms with Crippen molar-refractivity contribution in [3.8, 4) is 0 Å². The van der Waals surface area contributed by atoms with Gasteiger partial charge in [-0.05, 0) is 24.1 Å². The van der Waals surface area contributed by atoms with Gasteiger partial charge in [0.1, 0.15) is 5.02 Å². The van der Waals surface area contributed by atoms with Crippen molar-refractivity contribution in [1.29, 1.82) is 0 Å². The molecule has 0 spiro atoms. The first-order chi connectivity index (χ1) is 9.08. The lowest BCUT2D eigenvalue weighted by molar-refractivity contribution is 0.708. The summed E-state index contributed by atoms with van der Waals surface area (Å²) in [6.45, 7) is 0.665. The molecule has 0 aliphatic rings. The summed E-state index contributed by atoms with van der Waals surface area (Å²) in [5.74, 6) is 0. The molecule has 0 radical (unpaired) electrons. The third kappa shape index (κ3) is 3.26. The third-order valence-electron chi connectivity index (χ3n) is 2.79. The zero-order valence-electron chi connectivity index (χ0n) is 10.6. The van der Waals surface area contributed by atoms with Crippen molar-refractivity contribution < 1.29 is 0 Å². The average Bonchev–Trinajstić information content (AvgIpc) is 2.41. The number of aromatic nitrogens is 2. The Hall–Kier alpha value is -2.01. The molecule has 6 heteroatoms. The molecule has 3 N–H and O–H groups in total. The van der Waals surface area contributed by atoms with E-state index in [0.29, 0.717) is 12.2 Å². The van der Waals surface area contributed by atoms with E-state index < -0.39 is 0 Å². The Labute approximate surface area is 116 Å². The number of rotatable bonds is 4. The number of halogens is 1. The van der Waals surface area contributed by atoms with E-state index in [1.807, 2.05) is 24.3 Å². The van der Waals surface area contributed by atoms with Gasteiger partial charge in [-0.1, -0.05) is 23.7 Å². The number of benzene rings is 1. The molecule has 1 aromatic carbocycles. The summed E-state index contributed by atoms with van der Waals surface area (Å²) in [5.41, 5.74) is 7.78. The quantitative estimate of drug-likeness (QED) is 0.835. The first-order valence-electron chi connectivity index (χ1n) is 5.88. The SMILES string of the molecule is Cn1ncc(NCCc2ccc(N)cc2)c(Cl)c1=O. The van der Waals surface area contributed by atoms with Crippen LogP contribution in [0.2, 0.25) is 5.02 Å². The van der Waals surface area contributed by atoms with Crippen LogP contribution in [0.25, 0.3) is 0 Å². The predicted octanol–water partition coefficient (Wildman–Crippen LogP) is 1.67. The Kier molecular flexibility index (Phi) is 4.06. The molecular weight excluding hydrogens is 264 g/mol. The second-order valence-electron chi connectivity index (χ2n) is 4.22. The molecule has 1 heterocycles. The molecule has 0 unspecified atom stereocenters. The molecule has 2 aromatic rings. The van der Waals surface area contributed by atoms with Crippen LogP contribution in [0.3, 0.4) is 0 Å². The molecular formula is C13H15ClN4O. The molecule has 0 aliphatic heterocycles. The summed E-state index contributed by atoms with van der Waals surface area (Å²) in [5, 5.41) is 7.18. The minimum absolute atomic E-state index is 0.162. The monoisotopic (exact) mass is 278 g/mol. The van der Waals surface area contributed by atoms with Gasteiger partial charge in [0.15, 0.2) is 0 Å². The van der Waals surface area contributed by atoms with Crippen LogP contribution in [0.15, 0.2) is 35.3 Å². The van der Waals surface area contributed by atoms with Gasteiger partial charge in [-0.15, -0.1) is 0 Å². The Morgan fingerprint density at radius 3 is 2.74 bits per heavy atom. The third-order valence-corrected chi connectivity index (χ3v) is 3.15. The standard InChI is InChI=1S/C13H15ClN4O/c1-18-13(19)12(14)11(8-17-18)16-7-6-9-2-4-10(15)5-3-9/h2-5,8,16H,6-7,15H2,1H3. The fourth-order valence-corrected chi connectivity index (χ4v) is 1.90. The minimum Gasteiger partial charge on any atom is -0.399 e. The van der Waals surface area contributed by atoms with Crippen molar-refractivity contribution in [2.75, 3.05) is 17.6 Å². The number of nitrogens with zero attached hydrogens (tertiary/aromatic N) is 2. The maximum atomic E-state index is 11.6. The minimum atomic E-state index is -0.306. The van der Waals surface area contributed by atoms with Gasteiger partial charge in [0.05, 0.1) is 11.9 Å². The highest BCUT2D eigenvalue weighted by atomic mass is 35.5. The molecule has 1 aromatic heterocycles. The molecule has 0 fully saturated rings. The van der Waals surface area contributed by atoms with Crippen LogP contribution in [0.4, 0.5) is 11.4 Å². The van der Waals surface area contributed by atoms with Crippen molar-refractivity contribution in [3.05, 3.63) is 51.4 Å². The van der Waals surface area contributed by atoms with Crippen molar-refractivity contribution in [3.63, 3.8) is 0 Å². The molecule has 5 nitrogen and oxygen atoms in total. The van der Waals surface area contributed by atoms with Crippen molar-refractivity contribution in [1.82, 2.24) is 9.78 Å². The predicted molar refractivity (Wildman–Crippen MR) is 77.5 cm³/mol. The van der Waals surface area contributed by atoms with Gasteiger partial charge in [0, 0.05) is 19.3 Å². The zero-order chi connectivity index (χ0) is 13.8. The average molecular weight is 279 g/mol. The Morgan fingerprint density at radius 1 is 1.37 bits per heavy atom. The van der Waals surface area contributed by atoms with Crippen LogP contribution in [-0.4, -0.2) is 16.3 Å². The number of anilines is 2. The summed E-state index contributed by atoms with van der Waals surface area (Å²) >= 11 is 5.95. The second-order valence-corrected chi connectivity index (χ2v) is 4.60. The van der Waals surface area contributed by atoms with Gasteiger partial charge >= 0.3 is 0 Å².